The molecule has 0 saturated carbocycles. The number of likely N-dealkylation sites (tertiary alicyclic amines) is 1. The molecular weight excluding hydrogens is 535 g/mol. The molecule has 5 rings (SSSR count). The maximum Gasteiger partial charge on any atom is 0.490 e. The lowest BCUT2D eigenvalue weighted by molar-refractivity contribution is -0.192. The van der Waals surface area contributed by atoms with Crippen molar-refractivity contribution in [3.8, 4) is 0 Å². The number of thiazole rings is 1. The van der Waals surface area contributed by atoms with E-state index < -0.39 is 23.3 Å². The maximum absolute atomic E-state index is 12.8. The summed E-state index contributed by atoms with van der Waals surface area (Å²) in [6, 6.07) is 7.92. The number of alkyl halides is 3. The van der Waals surface area contributed by atoms with Gasteiger partial charge in [0.25, 0.3) is 0 Å². The molecule has 1 saturated heterocycles. The summed E-state index contributed by atoms with van der Waals surface area (Å²) in [5, 5.41) is 15.4. The van der Waals surface area contributed by atoms with E-state index in [2.05, 4.69) is 9.88 Å². The number of aryl methyl sites for hydroxylation is 1. The summed E-state index contributed by atoms with van der Waals surface area (Å²) in [4.78, 5) is 41.1. The summed E-state index contributed by atoms with van der Waals surface area (Å²) in [5.74, 6) is -2.01. The Morgan fingerprint density at radius 3 is 2.38 bits per heavy atom. The zero-order valence-corrected chi connectivity index (χ0v) is 21.2. The SMILES string of the molecule is Cc1nc(Cn2nc3n(c(=O)c2=O)CCC32CCN(Cc3ccc(Cl)cc3)C2)cs1.O=C(O)C(F)(F)F. The molecule has 4 heterocycles. The highest BCUT2D eigenvalue weighted by Crippen LogP contribution is 2.40. The van der Waals surface area contributed by atoms with Crippen molar-refractivity contribution in [1.82, 2.24) is 24.2 Å². The van der Waals surface area contributed by atoms with Crippen molar-refractivity contribution in [2.45, 2.75) is 51.0 Å². The summed E-state index contributed by atoms with van der Waals surface area (Å²) in [6.07, 6.45) is -3.31. The summed E-state index contributed by atoms with van der Waals surface area (Å²) < 4.78 is 34.6. The fourth-order valence-corrected chi connectivity index (χ4v) is 5.37. The van der Waals surface area contributed by atoms with Crippen molar-refractivity contribution in [2.75, 3.05) is 13.1 Å². The molecule has 0 bridgehead atoms. The molecule has 2 aliphatic rings. The molecule has 0 aliphatic carbocycles. The van der Waals surface area contributed by atoms with E-state index in [0.29, 0.717) is 6.54 Å². The minimum atomic E-state index is -5.08. The molecule has 14 heteroatoms. The number of benzene rings is 1. The third-order valence-electron chi connectivity index (χ3n) is 6.40. The van der Waals surface area contributed by atoms with Gasteiger partial charge in [0.05, 0.1) is 17.2 Å². The standard InChI is InChI=1S/C21H22ClN5O2S.C2HF3O2/c1-14-23-17(12-30-14)11-27-19(29)18(28)26-9-7-21(20(26)24-27)6-8-25(13-21)10-15-2-4-16(22)5-3-15;3-2(4,5)1(6)7/h2-5,12H,6-11,13H2,1H3;(H,6,7). The van der Waals surface area contributed by atoms with Crippen molar-refractivity contribution < 1.29 is 23.1 Å². The fraction of sp³-hybridized carbons (Fsp3) is 0.435. The number of rotatable bonds is 4. The molecule has 37 heavy (non-hydrogen) atoms. The third kappa shape index (κ3) is 5.94. The Hall–Kier alpha value is -3.03. The van der Waals surface area contributed by atoms with Gasteiger partial charge in [-0.1, -0.05) is 23.7 Å². The third-order valence-corrected chi connectivity index (χ3v) is 7.47. The van der Waals surface area contributed by atoms with Crippen molar-refractivity contribution >= 4 is 28.9 Å². The van der Waals surface area contributed by atoms with Gasteiger partial charge in [-0.3, -0.25) is 19.1 Å². The van der Waals surface area contributed by atoms with Crippen LogP contribution in [-0.2, 0) is 29.8 Å². The molecule has 1 aromatic carbocycles. The van der Waals surface area contributed by atoms with Gasteiger partial charge >= 0.3 is 23.3 Å². The highest BCUT2D eigenvalue weighted by atomic mass is 35.5. The van der Waals surface area contributed by atoms with Crippen LogP contribution in [0.2, 0.25) is 5.02 Å². The van der Waals surface area contributed by atoms with Gasteiger partial charge in [-0.05, 0) is 44.0 Å². The second-order valence-electron chi connectivity index (χ2n) is 9.02. The first-order valence-corrected chi connectivity index (χ1v) is 12.5. The van der Waals surface area contributed by atoms with Gasteiger partial charge in [-0.25, -0.2) is 14.5 Å². The van der Waals surface area contributed by atoms with Gasteiger partial charge in [0, 0.05) is 35.5 Å². The molecule has 9 nitrogen and oxygen atoms in total. The number of aliphatic carboxylic acids is 1. The number of halogens is 4. The van der Waals surface area contributed by atoms with Crippen LogP contribution in [0.25, 0.3) is 0 Å². The average Bonchev–Trinajstić information content (AvgIpc) is 3.53. The summed E-state index contributed by atoms with van der Waals surface area (Å²) in [5.41, 5.74) is 0.749. The second kappa shape index (κ2) is 10.4. The first-order valence-electron chi connectivity index (χ1n) is 11.3. The predicted molar refractivity (Wildman–Crippen MR) is 130 cm³/mol. The van der Waals surface area contributed by atoms with Gasteiger partial charge in [-0.2, -0.15) is 18.3 Å². The van der Waals surface area contributed by atoms with E-state index in [1.54, 1.807) is 4.57 Å². The van der Waals surface area contributed by atoms with Gasteiger partial charge < -0.3 is 5.11 Å². The lowest BCUT2D eigenvalue weighted by Gasteiger charge is -2.23. The van der Waals surface area contributed by atoms with E-state index >= 15 is 0 Å². The molecule has 198 valence electrons. The number of nitrogens with zero attached hydrogens (tertiary/aromatic N) is 5. The largest absolute Gasteiger partial charge is 0.490 e. The number of hydrogen-bond donors (Lipinski definition) is 1. The molecule has 2 aromatic heterocycles. The van der Waals surface area contributed by atoms with Crippen molar-refractivity contribution in [3.63, 3.8) is 0 Å². The number of carboxylic acids is 1. The quantitative estimate of drug-likeness (QED) is 0.491. The average molecular weight is 558 g/mol. The molecule has 1 spiro atoms. The summed E-state index contributed by atoms with van der Waals surface area (Å²) in [6.45, 7) is 5.31. The predicted octanol–water partition coefficient (Wildman–Crippen LogP) is 3.05. The normalized spacial score (nSPS) is 19.1. The molecule has 2 aliphatic heterocycles. The monoisotopic (exact) mass is 557 g/mol. The Morgan fingerprint density at radius 1 is 1.14 bits per heavy atom. The van der Waals surface area contributed by atoms with Crippen molar-refractivity contribution in [1.29, 1.82) is 0 Å². The molecule has 0 radical (unpaired) electrons. The van der Waals surface area contributed by atoms with Gasteiger partial charge in [0.1, 0.15) is 5.82 Å². The van der Waals surface area contributed by atoms with E-state index in [0.717, 1.165) is 54.0 Å². The molecule has 1 atom stereocenters. The first kappa shape index (κ1) is 27.0. The maximum atomic E-state index is 12.8. The Labute approximate surface area is 217 Å². The summed E-state index contributed by atoms with van der Waals surface area (Å²) in [7, 11) is 0. The van der Waals surface area contributed by atoms with Crippen LogP contribution in [0, 0.1) is 6.92 Å². The zero-order valence-electron chi connectivity index (χ0n) is 19.7. The Balaban J connectivity index is 0.000000405. The van der Waals surface area contributed by atoms with Gasteiger partial charge in [-0.15, -0.1) is 11.3 Å². The van der Waals surface area contributed by atoms with E-state index in [1.165, 1.54) is 21.6 Å². The van der Waals surface area contributed by atoms with Crippen LogP contribution >= 0.6 is 22.9 Å². The number of aromatic nitrogens is 4. The van der Waals surface area contributed by atoms with Crippen LogP contribution in [0.5, 0.6) is 0 Å². The smallest absolute Gasteiger partial charge is 0.475 e. The highest BCUT2D eigenvalue weighted by molar-refractivity contribution is 7.09. The van der Waals surface area contributed by atoms with E-state index in [9.17, 15) is 22.8 Å². The first-order chi connectivity index (χ1) is 17.4. The molecule has 3 aromatic rings. The van der Waals surface area contributed by atoms with Gasteiger partial charge in [0.15, 0.2) is 0 Å². The lowest BCUT2D eigenvalue weighted by atomic mass is 9.85. The van der Waals surface area contributed by atoms with Crippen LogP contribution in [0.15, 0.2) is 39.2 Å². The van der Waals surface area contributed by atoms with Gasteiger partial charge in [0.2, 0.25) is 0 Å². The number of hydrogen-bond acceptors (Lipinski definition) is 7. The minimum absolute atomic E-state index is 0.182. The number of carbonyl (C=O) groups is 1. The zero-order chi connectivity index (χ0) is 27.0. The molecule has 1 N–H and O–H groups in total. The van der Waals surface area contributed by atoms with E-state index in [1.807, 2.05) is 36.6 Å². The van der Waals surface area contributed by atoms with Crippen LogP contribution < -0.4 is 11.1 Å². The molecule has 0 amide bonds. The van der Waals surface area contributed by atoms with Crippen LogP contribution in [0.4, 0.5) is 13.2 Å². The topological polar surface area (TPSA) is 110 Å². The van der Waals surface area contributed by atoms with E-state index in [-0.39, 0.29) is 12.0 Å². The summed E-state index contributed by atoms with van der Waals surface area (Å²) >= 11 is 7.53. The molecular formula is C23H23ClF3N5O4S. The Morgan fingerprint density at radius 2 is 1.78 bits per heavy atom. The van der Waals surface area contributed by atoms with Crippen LogP contribution in [0.3, 0.4) is 0 Å². The Bertz CT molecular complexity index is 1420. The van der Waals surface area contributed by atoms with Crippen molar-refractivity contribution in [2.24, 2.45) is 0 Å². The molecule has 1 fully saturated rings. The molecule has 1 unspecified atom stereocenters. The van der Waals surface area contributed by atoms with E-state index in [4.69, 9.17) is 26.6 Å². The fourth-order valence-electron chi connectivity index (χ4n) is 4.64. The van der Waals surface area contributed by atoms with Crippen LogP contribution in [-0.4, -0.2) is 54.6 Å². The minimum Gasteiger partial charge on any atom is -0.475 e. The highest BCUT2D eigenvalue weighted by Gasteiger charge is 2.47. The number of carboxylic acid groups (broad SMARTS) is 1. The number of fused-ring (bicyclic) bond motifs is 2. The van der Waals surface area contributed by atoms with Crippen molar-refractivity contribution in [3.05, 3.63) is 77.5 Å². The Kier molecular flexibility index (Phi) is 7.58. The van der Waals surface area contributed by atoms with Crippen LogP contribution in [0.1, 0.15) is 34.9 Å². The lowest BCUT2D eigenvalue weighted by Crippen LogP contribution is -2.45. The second-order valence-corrected chi connectivity index (χ2v) is 10.5.